The fraction of sp³-hybridized carbons (Fsp3) is 0.214. The SMILES string of the molecule is Cc1cc(C)nc(SCC(=O)NN=Cc2cccnc2)n1. The lowest BCUT2D eigenvalue weighted by molar-refractivity contribution is -0.118. The molecule has 2 heterocycles. The minimum Gasteiger partial charge on any atom is -0.272 e. The molecule has 7 heteroatoms. The first-order valence-electron chi connectivity index (χ1n) is 6.30. The summed E-state index contributed by atoms with van der Waals surface area (Å²) < 4.78 is 0. The Kier molecular flexibility index (Phi) is 5.39. The highest BCUT2D eigenvalue weighted by Crippen LogP contribution is 2.13. The molecule has 0 bridgehead atoms. The first-order chi connectivity index (χ1) is 10.1. The second kappa shape index (κ2) is 7.49. The average Bonchev–Trinajstić information content (AvgIpc) is 2.45. The summed E-state index contributed by atoms with van der Waals surface area (Å²) in [5.74, 6) is 0.00990. The van der Waals surface area contributed by atoms with Crippen LogP contribution in [0.2, 0.25) is 0 Å². The molecule has 2 aromatic rings. The maximum Gasteiger partial charge on any atom is 0.250 e. The third-order valence-electron chi connectivity index (χ3n) is 2.38. The zero-order chi connectivity index (χ0) is 15.1. The van der Waals surface area contributed by atoms with Crippen LogP contribution in [0.5, 0.6) is 0 Å². The smallest absolute Gasteiger partial charge is 0.250 e. The number of hydrogen-bond acceptors (Lipinski definition) is 6. The first-order valence-corrected chi connectivity index (χ1v) is 7.29. The van der Waals surface area contributed by atoms with Crippen LogP contribution in [0.25, 0.3) is 0 Å². The zero-order valence-corrected chi connectivity index (χ0v) is 12.6. The summed E-state index contributed by atoms with van der Waals surface area (Å²) in [6.45, 7) is 3.80. The van der Waals surface area contributed by atoms with E-state index >= 15 is 0 Å². The predicted molar refractivity (Wildman–Crippen MR) is 82.2 cm³/mol. The van der Waals surface area contributed by atoms with Gasteiger partial charge in [0.25, 0.3) is 5.91 Å². The fourth-order valence-corrected chi connectivity index (χ4v) is 2.29. The number of rotatable bonds is 5. The van der Waals surface area contributed by atoms with Gasteiger partial charge in [0.15, 0.2) is 5.16 Å². The van der Waals surface area contributed by atoms with Crippen molar-refractivity contribution in [1.82, 2.24) is 20.4 Å². The number of hydrogen-bond donors (Lipinski definition) is 1. The summed E-state index contributed by atoms with van der Waals surface area (Å²) in [5, 5.41) is 4.47. The van der Waals surface area contributed by atoms with Crippen LogP contribution < -0.4 is 5.43 Å². The van der Waals surface area contributed by atoms with Gasteiger partial charge in [-0.1, -0.05) is 17.8 Å². The van der Waals surface area contributed by atoms with Gasteiger partial charge in [-0.05, 0) is 26.0 Å². The number of pyridine rings is 1. The molecule has 0 aliphatic heterocycles. The quantitative estimate of drug-likeness (QED) is 0.394. The molecular weight excluding hydrogens is 286 g/mol. The van der Waals surface area contributed by atoms with Gasteiger partial charge in [0.2, 0.25) is 0 Å². The summed E-state index contributed by atoms with van der Waals surface area (Å²) >= 11 is 1.28. The van der Waals surface area contributed by atoms with E-state index in [1.165, 1.54) is 11.8 Å². The van der Waals surface area contributed by atoms with Crippen molar-refractivity contribution in [3.8, 4) is 0 Å². The van der Waals surface area contributed by atoms with Crippen LogP contribution >= 0.6 is 11.8 Å². The molecule has 0 aromatic carbocycles. The Balaban J connectivity index is 1.81. The molecule has 6 nitrogen and oxygen atoms in total. The third-order valence-corrected chi connectivity index (χ3v) is 3.23. The van der Waals surface area contributed by atoms with Crippen molar-refractivity contribution in [3.05, 3.63) is 47.5 Å². The molecule has 0 spiro atoms. The lowest BCUT2D eigenvalue weighted by atomic mass is 10.3. The van der Waals surface area contributed by atoms with Crippen LogP contribution in [0.4, 0.5) is 0 Å². The summed E-state index contributed by atoms with van der Waals surface area (Å²) in [6, 6.07) is 5.54. The van der Waals surface area contributed by atoms with Crippen molar-refractivity contribution in [1.29, 1.82) is 0 Å². The van der Waals surface area contributed by atoms with Crippen LogP contribution in [-0.2, 0) is 4.79 Å². The average molecular weight is 301 g/mol. The largest absolute Gasteiger partial charge is 0.272 e. The number of carbonyl (C=O) groups excluding carboxylic acids is 1. The van der Waals surface area contributed by atoms with Crippen LogP contribution in [0.3, 0.4) is 0 Å². The van der Waals surface area contributed by atoms with Gasteiger partial charge in [-0.3, -0.25) is 9.78 Å². The second-order valence-electron chi connectivity index (χ2n) is 4.30. The van der Waals surface area contributed by atoms with Gasteiger partial charge < -0.3 is 0 Å². The molecule has 2 aromatic heterocycles. The van der Waals surface area contributed by atoms with Gasteiger partial charge in [-0.25, -0.2) is 15.4 Å². The van der Waals surface area contributed by atoms with Crippen molar-refractivity contribution in [2.45, 2.75) is 19.0 Å². The summed E-state index contributed by atoms with van der Waals surface area (Å²) in [6.07, 6.45) is 4.88. The van der Waals surface area contributed by atoms with E-state index in [-0.39, 0.29) is 11.7 Å². The normalized spacial score (nSPS) is 10.8. The minimum atomic E-state index is -0.206. The Labute approximate surface area is 127 Å². The molecule has 0 saturated heterocycles. The standard InChI is InChI=1S/C14H15N5OS/c1-10-6-11(2)18-14(17-10)21-9-13(20)19-16-8-12-4-3-5-15-7-12/h3-8H,9H2,1-2H3,(H,19,20). The predicted octanol–water partition coefficient (Wildman–Crippen LogP) is 1.73. The van der Waals surface area contributed by atoms with Crippen molar-refractivity contribution in [3.63, 3.8) is 0 Å². The van der Waals surface area contributed by atoms with E-state index < -0.39 is 0 Å². The third kappa shape index (κ3) is 5.31. The molecule has 2 rings (SSSR count). The summed E-state index contributed by atoms with van der Waals surface area (Å²) in [4.78, 5) is 24.1. The van der Waals surface area contributed by atoms with E-state index in [1.807, 2.05) is 26.0 Å². The highest BCUT2D eigenvalue weighted by Gasteiger charge is 2.05. The monoisotopic (exact) mass is 301 g/mol. The zero-order valence-electron chi connectivity index (χ0n) is 11.8. The highest BCUT2D eigenvalue weighted by molar-refractivity contribution is 7.99. The lowest BCUT2D eigenvalue weighted by Gasteiger charge is -2.02. The van der Waals surface area contributed by atoms with Gasteiger partial charge in [-0.2, -0.15) is 5.10 Å². The molecule has 0 unspecified atom stereocenters. The maximum atomic E-state index is 11.7. The Morgan fingerprint density at radius 2 is 2.14 bits per heavy atom. The molecular formula is C14H15N5OS. The molecule has 21 heavy (non-hydrogen) atoms. The Morgan fingerprint density at radius 1 is 1.38 bits per heavy atom. The number of nitrogens with zero attached hydrogens (tertiary/aromatic N) is 4. The van der Waals surface area contributed by atoms with E-state index in [1.54, 1.807) is 24.7 Å². The van der Waals surface area contributed by atoms with Crippen LogP contribution in [0, 0.1) is 13.8 Å². The van der Waals surface area contributed by atoms with E-state index in [9.17, 15) is 4.79 Å². The maximum absolute atomic E-state index is 11.7. The van der Waals surface area contributed by atoms with Gasteiger partial charge >= 0.3 is 0 Å². The summed E-state index contributed by atoms with van der Waals surface area (Å²) in [7, 11) is 0. The number of thioether (sulfide) groups is 1. The van der Waals surface area contributed by atoms with Crippen LogP contribution in [0.1, 0.15) is 17.0 Å². The van der Waals surface area contributed by atoms with Crippen LogP contribution in [0.15, 0.2) is 40.9 Å². The Hall–Kier alpha value is -2.28. The fourth-order valence-electron chi connectivity index (χ4n) is 1.55. The second-order valence-corrected chi connectivity index (χ2v) is 5.24. The topological polar surface area (TPSA) is 80.1 Å². The van der Waals surface area contributed by atoms with Crippen LogP contribution in [-0.4, -0.2) is 32.8 Å². The molecule has 0 fully saturated rings. The van der Waals surface area contributed by atoms with Crippen molar-refractivity contribution in [2.24, 2.45) is 5.10 Å². The number of carbonyl (C=O) groups is 1. The number of aryl methyl sites for hydroxylation is 2. The number of amides is 1. The van der Waals surface area contributed by atoms with Gasteiger partial charge in [0.05, 0.1) is 12.0 Å². The Morgan fingerprint density at radius 3 is 2.81 bits per heavy atom. The van der Waals surface area contributed by atoms with Crippen molar-refractivity contribution >= 4 is 23.9 Å². The molecule has 0 aliphatic carbocycles. The highest BCUT2D eigenvalue weighted by atomic mass is 32.2. The molecule has 0 atom stereocenters. The van der Waals surface area contributed by atoms with Crippen molar-refractivity contribution < 1.29 is 4.79 Å². The number of aromatic nitrogens is 3. The number of nitrogens with one attached hydrogen (secondary N) is 1. The molecule has 1 N–H and O–H groups in total. The van der Waals surface area contributed by atoms with Crippen molar-refractivity contribution in [2.75, 3.05) is 5.75 Å². The lowest BCUT2D eigenvalue weighted by Crippen LogP contribution is -2.19. The molecule has 0 saturated carbocycles. The molecule has 0 radical (unpaired) electrons. The molecule has 108 valence electrons. The van der Waals surface area contributed by atoms with E-state index in [2.05, 4.69) is 25.5 Å². The van der Waals surface area contributed by atoms with Gasteiger partial charge in [0, 0.05) is 29.3 Å². The minimum absolute atomic E-state index is 0.206. The van der Waals surface area contributed by atoms with Gasteiger partial charge in [-0.15, -0.1) is 0 Å². The van der Waals surface area contributed by atoms with E-state index in [4.69, 9.17) is 0 Å². The molecule has 1 amide bonds. The van der Waals surface area contributed by atoms with E-state index in [0.717, 1.165) is 17.0 Å². The van der Waals surface area contributed by atoms with Gasteiger partial charge in [0.1, 0.15) is 0 Å². The summed E-state index contributed by atoms with van der Waals surface area (Å²) in [5.41, 5.74) is 5.06. The molecule has 0 aliphatic rings. The van der Waals surface area contributed by atoms with E-state index in [0.29, 0.717) is 5.16 Å². The Bertz CT molecular complexity index is 625. The number of hydrazone groups is 1. The first kappa shape index (κ1) is 15.1.